The lowest BCUT2D eigenvalue weighted by Crippen LogP contribution is -2.47. The highest BCUT2D eigenvalue weighted by molar-refractivity contribution is 9.09. The largest absolute Gasteiger partial charge is 0.490 e. The van der Waals surface area contributed by atoms with Crippen molar-refractivity contribution < 1.29 is 9.47 Å². The average molecular weight is 357 g/mol. The summed E-state index contributed by atoms with van der Waals surface area (Å²) in [6, 6.07) is 7.88. The molecule has 2 rings (SSSR count). The molecule has 1 aliphatic rings. The minimum Gasteiger partial charge on any atom is -0.490 e. The zero-order valence-electron chi connectivity index (χ0n) is 12.8. The van der Waals surface area contributed by atoms with Crippen LogP contribution in [0.4, 0.5) is 0 Å². The molecule has 118 valence electrons. The third-order valence-electron chi connectivity index (χ3n) is 3.68. The Labute approximate surface area is 136 Å². The number of hydrogen-bond donors (Lipinski definition) is 0. The molecule has 0 atom stereocenters. The van der Waals surface area contributed by atoms with Crippen molar-refractivity contribution in [2.75, 3.05) is 57.8 Å². The molecule has 21 heavy (non-hydrogen) atoms. The maximum absolute atomic E-state index is 5.88. The van der Waals surface area contributed by atoms with E-state index in [0.29, 0.717) is 13.2 Å². The molecule has 1 saturated heterocycles. The highest BCUT2D eigenvalue weighted by atomic mass is 79.9. The second-order valence-corrected chi connectivity index (χ2v) is 5.89. The highest BCUT2D eigenvalue weighted by Gasteiger charge is 2.16. The van der Waals surface area contributed by atoms with Gasteiger partial charge >= 0.3 is 0 Å². The van der Waals surface area contributed by atoms with E-state index in [0.717, 1.165) is 56.1 Å². The first-order valence-electron chi connectivity index (χ1n) is 7.68. The van der Waals surface area contributed by atoms with Crippen molar-refractivity contribution in [3.05, 3.63) is 24.3 Å². The van der Waals surface area contributed by atoms with Crippen LogP contribution in [0.2, 0.25) is 0 Å². The molecule has 5 heteroatoms. The topological polar surface area (TPSA) is 24.9 Å². The number of nitrogens with zero attached hydrogens (tertiary/aromatic N) is 2. The van der Waals surface area contributed by atoms with Gasteiger partial charge in [-0.1, -0.05) is 28.1 Å². The van der Waals surface area contributed by atoms with Crippen molar-refractivity contribution in [2.24, 2.45) is 0 Å². The van der Waals surface area contributed by atoms with E-state index in [1.807, 2.05) is 31.2 Å². The van der Waals surface area contributed by atoms with E-state index in [1.165, 1.54) is 0 Å². The fourth-order valence-corrected chi connectivity index (χ4v) is 2.99. The number of halogens is 1. The number of piperazine rings is 1. The Bertz CT molecular complexity index is 409. The Morgan fingerprint density at radius 3 is 2.10 bits per heavy atom. The van der Waals surface area contributed by atoms with Crippen molar-refractivity contribution in [2.45, 2.75) is 6.92 Å². The number of hydrogen-bond acceptors (Lipinski definition) is 4. The molecule has 0 unspecified atom stereocenters. The maximum Gasteiger partial charge on any atom is 0.161 e. The first-order valence-corrected chi connectivity index (χ1v) is 8.81. The molecule has 0 aromatic heterocycles. The minimum absolute atomic E-state index is 0.663. The SMILES string of the molecule is CCOc1ccccc1OCCN1CCN(CCBr)CC1. The van der Waals surface area contributed by atoms with Crippen LogP contribution >= 0.6 is 15.9 Å². The molecule has 1 heterocycles. The quantitative estimate of drug-likeness (QED) is 0.668. The summed E-state index contributed by atoms with van der Waals surface area (Å²) in [4.78, 5) is 4.96. The summed E-state index contributed by atoms with van der Waals surface area (Å²) >= 11 is 3.50. The highest BCUT2D eigenvalue weighted by Crippen LogP contribution is 2.26. The van der Waals surface area contributed by atoms with Crippen LogP contribution in [0.1, 0.15) is 6.92 Å². The Morgan fingerprint density at radius 2 is 1.52 bits per heavy atom. The average Bonchev–Trinajstić information content (AvgIpc) is 2.51. The van der Waals surface area contributed by atoms with Crippen LogP contribution in [-0.2, 0) is 0 Å². The molecule has 0 aliphatic carbocycles. The number of ether oxygens (including phenoxy) is 2. The van der Waals surface area contributed by atoms with E-state index in [-0.39, 0.29) is 0 Å². The van der Waals surface area contributed by atoms with E-state index in [9.17, 15) is 0 Å². The second-order valence-electron chi connectivity index (χ2n) is 5.10. The fourth-order valence-electron chi connectivity index (χ4n) is 2.48. The molecule has 4 nitrogen and oxygen atoms in total. The van der Waals surface area contributed by atoms with Crippen molar-refractivity contribution in [3.8, 4) is 11.5 Å². The van der Waals surface area contributed by atoms with Gasteiger partial charge in [0.25, 0.3) is 0 Å². The van der Waals surface area contributed by atoms with Gasteiger partial charge in [0, 0.05) is 44.6 Å². The third kappa shape index (κ3) is 5.49. The standard InChI is InChI=1S/C16H25BrN2O2/c1-2-20-15-5-3-4-6-16(15)21-14-13-19-11-9-18(8-7-17)10-12-19/h3-6H,2,7-14H2,1H3. The van der Waals surface area contributed by atoms with E-state index < -0.39 is 0 Å². The van der Waals surface area contributed by atoms with Gasteiger partial charge in [-0.2, -0.15) is 0 Å². The molecule has 0 N–H and O–H groups in total. The van der Waals surface area contributed by atoms with Crippen molar-refractivity contribution >= 4 is 15.9 Å². The van der Waals surface area contributed by atoms with Gasteiger partial charge in [-0.25, -0.2) is 0 Å². The molecule has 1 aliphatic heterocycles. The van der Waals surface area contributed by atoms with Crippen LogP contribution < -0.4 is 9.47 Å². The van der Waals surface area contributed by atoms with Crippen LogP contribution in [0.3, 0.4) is 0 Å². The van der Waals surface area contributed by atoms with Crippen LogP contribution in [0.15, 0.2) is 24.3 Å². The summed E-state index contributed by atoms with van der Waals surface area (Å²) < 4.78 is 11.4. The first kappa shape index (κ1) is 16.6. The summed E-state index contributed by atoms with van der Waals surface area (Å²) in [5, 5.41) is 1.06. The summed E-state index contributed by atoms with van der Waals surface area (Å²) in [7, 11) is 0. The van der Waals surface area contributed by atoms with Gasteiger partial charge in [0.2, 0.25) is 0 Å². The first-order chi connectivity index (χ1) is 10.3. The van der Waals surface area contributed by atoms with Crippen LogP contribution in [-0.4, -0.2) is 67.6 Å². The monoisotopic (exact) mass is 356 g/mol. The molecular weight excluding hydrogens is 332 g/mol. The maximum atomic E-state index is 5.88. The molecule has 0 saturated carbocycles. The molecular formula is C16H25BrN2O2. The smallest absolute Gasteiger partial charge is 0.161 e. The van der Waals surface area contributed by atoms with E-state index >= 15 is 0 Å². The number of rotatable bonds is 8. The van der Waals surface area contributed by atoms with E-state index in [1.54, 1.807) is 0 Å². The second kappa shape index (κ2) is 9.28. The van der Waals surface area contributed by atoms with Crippen molar-refractivity contribution in [1.29, 1.82) is 0 Å². The summed E-state index contributed by atoms with van der Waals surface area (Å²) in [6.45, 7) is 10.0. The molecule has 0 bridgehead atoms. The normalized spacial score (nSPS) is 16.9. The van der Waals surface area contributed by atoms with Crippen molar-refractivity contribution in [3.63, 3.8) is 0 Å². The fraction of sp³-hybridized carbons (Fsp3) is 0.625. The lowest BCUT2D eigenvalue weighted by atomic mass is 10.3. The van der Waals surface area contributed by atoms with Crippen LogP contribution in [0.25, 0.3) is 0 Å². The number of alkyl halides is 1. The zero-order valence-corrected chi connectivity index (χ0v) is 14.3. The predicted octanol–water partition coefficient (Wildman–Crippen LogP) is 2.48. The van der Waals surface area contributed by atoms with Gasteiger partial charge in [-0.3, -0.25) is 9.80 Å². The van der Waals surface area contributed by atoms with Crippen LogP contribution in [0.5, 0.6) is 11.5 Å². The van der Waals surface area contributed by atoms with Crippen LogP contribution in [0, 0.1) is 0 Å². The van der Waals surface area contributed by atoms with Gasteiger partial charge in [0.1, 0.15) is 6.61 Å². The van der Waals surface area contributed by atoms with E-state index in [4.69, 9.17) is 9.47 Å². The molecule has 0 amide bonds. The van der Waals surface area contributed by atoms with Gasteiger partial charge < -0.3 is 9.47 Å². The Kier molecular flexibility index (Phi) is 7.33. The lowest BCUT2D eigenvalue weighted by molar-refractivity contribution is 0.120. The molecule has 1 aromatic rings. The molecule has 0 spiro atoms. The molecule has 1 fully saturated rings. The van der Waals surface area contributed by atoms with Crippen molar-refractivity contribution in [1.82, 2.24) is 9.80 Å². The minimum atomic E-state index is 0.663. The number of benzene rings is 1. The summed E-state index contributed by atoms with van der Waals surface area (Å²) in [5.74, 6) is 1.68. The lowest BCUT2D eigenvalue weighted by Gasteiger charge is -2.34. The number of para-hydroxylation sites is 2. The summed E-state index contributed by atoms with van der Waals surface area (Å²) in [6.07, 6.45) is 0. The predicted molar refractivity (Wildman–Crippen MR) is 89.8 cm³/mol. The zero-order chi connectivity index (χ0) is 14.9. The Morgan fingerprint density at radius 1 is 0.952 bits per heavy atom. The van der Waals surface area contributed by atoms with Gasteiger partial charge in [-0.15, -0.1) is 0 Å². The van der Waals surface area contributed by atoms with Gasteiger partial charge in [0.15, 0.2) is 11.5 Å². The molecule has 1 aromatic carbocycles. The van der Waals surface area contributed by atoms with Gasteiger partial charge in [0.05, 0.1) is 6.61 Å². The Balaban J connectivity index is 1.70. The third-order valence-corrected chi connectivity index (χ3v) is 4.03. The van der Waals surface area contributed by atoms with Gasteiger partial charge in [-0.05, 0) is 19.1 Å². The van der Waals surface area contributed by atoms with E-state index in [2.05, 4.69) is 25.7 Å². The Hall–Kier alpha value is -0.780. The summed E-state index contributed by atoms with van der Waals surface area (Å²) in [5.41, 5.74) is 0. The molecule has 0 radical (unpaired) electrons.